The number of aryl methyl sites for hydroxylation is 1. The van der Waals surface area contributed by atoms with Crippen LogP contribution in [0.5, 0.6) is 0 Å². The average molecular weight is 276 g/mol. The zero-order valence-electron chi connectivity index (χ0n) is 13.5. The lowest BCUT2D eigenvalue weighted by Crippen LogP contribution is -2.32. The van der Waals surface area contributed by atoms with E-state index < -0.39 is 0 Å². The number of benzene rings is 1. The standard InChI is InChI=1S/C17H28N2O/c1-6-8-12-19(5)17(20)18-16-14(7-2)10-9-11-15(16)13(3)4/h9-11,13H,6-8,12H2,1-5H3,(H,18,20). The molecule has 1 rings (SSSR count). The van der Waals surface area contributed by atoms with Crippen LogP contribution in [0.25, 0.3) is 0 Å². The Morgan fingerprint density at radius 2 is 2.00 bits per heavy atom. The van der Waals surface area contributed by atoms with Gasteiger partial charge in [-0.1, -0.05) is 52.3 Å². The molecule has 0 bridgehead atoms. The number of carbonyl (C=O) groups excluding carboxylic acids is 1. The zero-order chi connectivity index (χ0) is 15.1. The first-order valence-corrected chi connectivity index (χ1v) is 7.65. The van der Waals surface area contributed by atoms with Gasteiger partial charge >= 0.3 is 6.03 Å². The molecule has 3 nitrogen and oxygen atoms in total. The minimum Gasteiger partial charge on any atom is -0.328 e. The average Bonchev–Trinajstić information content (AvgIpc) is 2.44. The normalized spacial score (nSPS) is 10.7. The van der Waals surface area contributed by atoms with Gasteiger partial charge in [-0.2, -0.15) is 0 Å². The highest BCUT2D eigenvalue weighted by Gasteiger charge is 2.15. The van der Waals surface area contributed by atoms with Gasteiger partial charge in [0.15, 0.2) is 0 Å². The molecule has 1 aromatic rings. The second-order valence-electron chi connectivity index (χ2n) is 5.59. The van der Waals surface area contributed by atoms with Crippen molar-refractivity contribution < 1.29 is 4.79 Å². The number of nitrogens with one attached hydrogen (secondary N) is 1. The third-order valence-corrected chi connectivity index (χ3v) is 3.61. The Bertz CT molecular complexity index is 441. The molecule has 0 saturated heterocycles. The van der Waals surface area contributed by atoms with E-state index in [0.29, 0.717) is 5.92 Å². The van der Waals surface area contributed by atoms with Crippen LogP contribution in [0, 0.1) is 0 Å². The first-order valence-electron chi connectivity index (χ1n) is 7.65. The minimum absolute atomic E-state index is 0.0127. The van der Waals surface area contributed by atoms with E-state index in [0.717, 1.165) is 31.5 Å². The van der Waals surface area contributed by atoms with Gasteiger partial charge in [0.25, 0.3) is 0 Å². The molecular formula is C17H28N2O. The Morgan fingerprint density at radius 3 is 2.55 bits per heavy atom. The van der Waals surface area contributed by atoms with Gasteiger partial charge in [-0.05, 0) is 29.9 Å². The third-order valence-electron chi connectivity index (χ3n) is 3.61. The molecule has 0 saturated carbocycles. The maximum Gasteiger partial charge on any atom is 0.321 e. The van der Waals surface area contributed by atoms with Crippen molar-refractivity contribution in [3.63, 3.8) is 0 Å². The Kier molecular flexibility index (Phi) is 6.56. The van der Waals surface area contributed by atoms with Crippen molar-refractivity contribution in [2.45, 2.75) is 52.9 Å². The number of urea groups is 1. The summed E-state index contributed by atoms with van der Waals surface area (Å²) in [4.78, 5) is 14.0. The minimum atomic E-state index is -0.0127. The van der Waals surface area contributed by atoms with Gasteiger partial charge in [-0.3, -0.25) is 0 Å². The van der Waals surface area contributed by atoms with Gasteiger partial charge in [0, 0.05) is 19.3 Å². The monoisotopic (exact) mass is 276 g/mol. The Hall–Kier alpha value is -1.51. The molecule has 20 heavy (non-hydrogen) atoms. The van der Waals surface area contributed by atoms with Crippen molar-refractivity contribution in [2.24, 2.45) is 0 Å². The number of unbranched alkanes of at least 4 members (excludes halogenated alkanes) is 1. The van der Waals surface area contributed by atoms with Crippen LogP contribution < -0.4 is 5.32 Å². The SMILES string of the molecule is CCCCN(C)C(=O)Nc1c(CC)cccc1C(C)C. The molecule has 0 aromatic heterocycles. The van der Waals surface area contributed by atoms with Gasteiger partial charge in [0.2, 0.25) is 0 Å². The lowest BCUT2D eigenvalue weighted by Gasteiger charge is -2.22. The van der Waals surface area contributed by atoms with E-state index in [1.165, 1.54) is 11.1 Å². The van der Waals surface area contributed by atoms with Crippen molar-refractivity contribution >= 4 is 11.7 Å². The lowest BCUT2D eigenvalue weighted by molar-refractivity contribution is 0.222. The number of carbonyl (C=O) groups is 1. The van der Waals surface area contributed by atoms with Crippen molar-refractivity contribution in [1.29, 1.82) is 0 Å². The second-order valence-corrected chi connectivity index (χ2v) is 5.59. The van der Waals surface area contributed by atoms with E-state index in [2.05, 4.69) is 51.2 Å². The van der Waals surface area contributed by atoms with E-state index in [1.807, 2.05) is 7.05 Å². The van der Waals surface area contributed by atoms with Crippen LogP contribution in [0.15, 0.2) is 18.2 Å². The van der Waals surface area contributed by atoms with Gasteiger partial charge in [0.05, 0.1) is 0 Å². The largest absolute Gasteiger partial charge is 0.328 e. The highest BCUT2D eigenvalue weighted by molar-refractivity contribution is 5.91. The third kappa shape index (κ3) is 4.26. The van der Waals surface area contributed by atoms with E-state index in [4.69, 9.17) is 0 Å². The number of hydrogen-bond donors (Lipinski definition) is 1. The van der Waals surface area contributed by atoms with Gasteiger partial charge < -0.3 is 10.2 Å². The summed E-state index contributed by atoms with van der Waals surface area (Å²) in [7, 11) is 1.86. The summed E-state index contributed by atoms with van der Waals surface area (Å²) in [6.07, 6.45) is 3.06. The smallest absolute Gasteiger partial charge is 0.321 e. The van der Waals surface area contributed by atoms with Crippen molar-refractivity contribution in [3.05, 3.63) is 29.3 Å². The molecule has 0 fully saturated rings. The number of hydrogen-bond acceptors (Lipinski definition) is 1. The molecule has 0 unspecified atom stereocenters. The number of para-hydroxylation sites is 1. The topological polar surface area (TPSA) is 32.3 Å². The van der Waals surface area contributed by atoms with Crippen LogP contribution in [0.4, 0.5) is 10.5 Å². The fourth-order valence-corrected chi connectivity index (χ4v) is 2.25. The van der Waals surface area contributed by atoms with Crippen LogP contribution in [-0.2, 0) is 6.42 Å². The van der Waals surface area contributed by atoms with Crippen molar-refractivity contribution in [2.75, 3.05) is 18.9 Å². The fraction of sp³-hybridized carbons (Fsp3) is 0.588. The molecule has 1 aromatic carbocycles. The highest BCUT2D eigenvalue weighted by atomic mass is 16.2. The van der Waals surface area contributed by atoms with E-state index >= 15 is 0 Å². The summed E-state index contributed by atoms with van der Waals surface area (Å²) in [5.74, 6) is 0.401. The predicted molar refractivity (Wildman–Crippen MR) is 86.5 cm³/mol. The number of anilines is 1. The molecule has 0 heterocycles. The molecule has 0 spiro atoms. The van der Waals surface area contributed by atoms with Gasteiger partial charge in [-0.15, -0.1) is 0 Å². The van der Waals surface area contributed by atoms with Crippen molar-refractivity contribution in [3.8, 4) is 0 Å². The van der Waals surface area contributed by atoms with Crippen LogP contribution >= 0.6 is 0 Å². The summed E-state index contributed by atoms with van der Waals surface area (Å²) in [6, 6.07) is 6.25. The number of amides is 2. The summed E-state index contributed by atoms with van der Waals surface area (Å²) in [6.45, 7) is 9.37. The molecule has 0 aliphatic carbocycles. The number of nitrogens with zero attached hydrogens (tertiary/aromatic N) is 1. The summed E-state index contributed by atoms with van der Waals surface area (Å²) in [5.41, 5.74) is 3.41. The summed E-state index contributed by atoms with van der Waals surface area (Å²) < 4.78 is 0. The van der Waals surface area contributed by atoms with E-state index in [9.17, 15) is 4.79 Å². The first kappa shape index (κ1) is 16.5. The summed E-state index contributed by atoms with van der Waals surface area (Å²) >= 11 is 0. The van der Waals surface area contributed by atoms with Crippen molar-refractivity contribution in [1.82, 2.24) is 4.90 Å². The Labute approximate surface area is 123 Å². The van der Waals surface area contributed by atoms with Gasteiger partial charge in [0.1, 0.15) is 0 Å². The Morgan fingerprint density at radius 1 is 1.30 bits per heavy atom. The Balaban J connectivity index is 2.92. The van der Waals surface area contributed by atoms with Gasteiger partial charge in [-0.25, -0.2) is 4.79 Å². The van der Waals surface area contributed by atoms with E-state index in [-0.39, 0.29) is 6.03 Å². The van der Waals surface area contributed by atoms with E-state index in [1.54, 1.807) is 4.90 Å². The molecular weight excluding hydrogens is 248 g/mol. The molecule has 0 radical (unpaired) electrons. The predicted octanol–water partition coefficient (Wildman–Crippen LogP) is 4.64. The lowest BCUT2D eigenvalue weighted by atomic mass is 9.96. The highest BCUT2D eigenvalue weighted by Crippen LogP contribution is 2.28. The summed E-state index contributed by atoms with van der Waals surface area (Å²) in [5, 5.41) is 3.11. The quantitative estimate of drug-likeness (QED) is 0.806. The van der Waals surface area contributed by atoms with Crippen LogP contribution in [0.2, 0.25) is 0 Å². The molecule has 3 heteroatoms. The second kappa shape index (κ2) is 7.93. The number of rotatable bonds is 6. The van der Waals surface area contributed by atoms with Crippen LogP contribution in [0.3, 0.4) is 0 Å². The molecule has 0 atom stereocenters. The maximum absolute atomic E-state index is 12.3. The van der Waals surface area contributed by atoms with Crippen LogP contribution in [0.1, 0.15) is 57.6 Å². The molecule has 2 amide bonds. The first-order chi connectivity index (χ1) is 9.51. The zero-order valence-corrected chi connectivity index (χ0v) is 13.5. The molecule has 112 valence electrons. The fourth-order valence-electron chi connectivity index (χ4n) is 2.25. The molecule has 0 aliphatic rings. The van der Waals surface area contributed by atoms with Crippen LogP contribution in [-0.4, -0.2) is 24.5 Å². The maximum atomic E-state index is 12.3. The molecule has 1 N–H and O–H groups in total. The molecule has 0 aliphatic heterocycles.